The van der Waals surface area contributed by atoms with E-state index < -0.39 is 0 Å². The van der Waals surface area contributed by atoms with Crippen LogP contribution in [0.1, 0.15) is 11.1 Å². The number of fused-ring (bicyclic) bond motifs is 2. The van der Waals surface area contributed by atoms with Crippen LogP contribution in [0.25, 0.3) is 16.9 Å². The molecule has 4 aromatic rings. The molecule has 142 valence electrons. The van der Waals surface area contributed by atoms with Crippen molar-refractivity contribution in [1.29, 1.82) is 0 Å². The predicted octanol–water partition coefficient (Wildman–Crippen LogP) is 1.90. The summed E-state index contributed by atoms with van der Waals surface area (Å²) in [5.74, 6) is 0.418. The molecule has 0 saturated carbocycles. The lowest BCUT2D eigenvalue weighted by Gasteiger charge is -2.12. The number of halogens is 1. The number of carbonyl (C=O) groups excluding carboxylic acids is 1. The van der Waals surface area contributed by atoms with Crippen LogP contribution in [0, 0.1) is 5.82 Å². The molecule has 0 bridgehead atoms. The van der Waals surface area contributed by atoms with Crippen LogP contribution in [-0.2, 0) is 17.8 Å². The monoisotopic (exact) mass is 385 g/mol. The maximum absolute atomic E-state index is 14.3. The molecule has 2 aromatic heterocycles. The third-order valence-corrected chi connectivity index (χ3v) is 5.07. The topological polar surface area (TPSA) is 71.3 Å². The second-order valence-corrected chi connectivity index (χ2v) is 7.14. The molecular formula is C21H17BFN5O. The molecule has 0 spiro atoms. The predicted molar refractivity (Wildman–Crippen MR) is 113 cm³/mol. The Balaban J connectivity index is 1.51. The van der Waals surface area contributed by atoms with Gasteiger partial charge in [-0.25, -0.2) is 9.37 Å². The van der Waals surface area contributed by atoms with Crippen LogP contribution in [-0.4, -0.2) is 28.4 Å². The molecule has 6 nitrogen and oxygen atoms in total. The van der Waals surface area contributed by atoms with E-state index in [4.69, 9.17) is 0 Å². The zero-order valence-corrected chi connectivity index (χ0v) is 15.7. The number of benzene rings is 2. The molecule has 2 aromatic carbocycles. The van der Waals surface area contributed by atoms with Crippen molar-refractivity contribution in [3.63, 3.8) is 0 Å². The standard InChI is InChI=1S/C21H17BFN5O/c22-15-11-25-28-19(9-18(27-21(15)28)14-3-1-2-4-16(14)23)24-10-12-5-6-17-13(7-12)8-20(29)26-17/h1-7,9,11,24H,8,10,22H2,(H,26,29). The summed E-state index contributed by atoms with van der Waals surface area (Å²) >= 11 is 0. The van der Waals surface area contributed by atoms with Crippen molar-refractivity contribution < 1.29 is 9.18 Å². The van der Waals surface area contributed by atoms with Gasteiger partial charge in [-0.15, -0.1) is 0 Å². The van der Waals surface area contributed by atoms with Crippen molar-refractivity contribution in [2.24, 2.45) is 0 Å². The first-order valence-corrected chi connectivity index (χ1v) is 9.34. The summed E-state index contributed by atoms with van der Waals surface area (Å²) in [6.07, 6.45) is 2.14. The Kier molecular flexibility index (Phi) is 4.05. The van der Waals surface area contributed by atoms with Crippen LogP contribution in [0.3, 0.4) is 0 Å². The molecule has 0 radical (unpaired) electrons. The van der Waals surface area contributed by atoms with Crippen LogP contribution in [0.15, 0.2) is 54.7 Å². The average molecular weight is 385 g/mol. The molecule has 0 atom stereocenters. The fraction of sp³-hybridized carbons (Fsp3) is 0.0952. The minimum atomic E-state index is -0.316. The normalized spacial score (nSPS) is 12.8. The number of rotatable bonds is 4. The van der Waals surface area contributed by atoms with Gasteiger partial charge < -0.3 is 10.6 Å². The van der Waals surface area contributed by atoms with Gasteiger partial charge in [0, 0.05) is 30.1 Å². The second kappa shape index (κ2) is 6.74. The molecule has 0 fully saturated rings. The summed E-state index contributed by atoms with van der Waals surface area (Å²) in [7, 11) is 1.93. The number of carbonyl (C=O) groups is 1. The van der Waals surface area contributed by atoms with Gasteiger partial charge >= 0.3 is 0 Å². The summed E-state index contributed by atoms with van der Waals surface area (Å²) in [6, 6.07) is 14.3. The fourth-order valence-electron chi connectivity index (χ4n) is 3.59. The first-order valence-electron chi connectivity index (χ1n) is 9.34. The highest BCUT2D eigenvalue weighted by Gasteiger charge is 2.18. The number of amides is 1. The number of hydrogen-bond acceptors (Lipinski definition) is 4. The highest BCUT2D eigenvalue weighted by Crippen LogP contribution is 2.26. The molecule has 1 amide bonds. The molecule has 3 heterocycles. The Bertz CT molecular complexity index is 1270. The van der Waals surface area contributed by atoms with Gasteiger partial charge in [-0.05, 0) is 34.8 Å². The number of hydrogen-bond donors (Lipinski definition) is 2. The third kappa shape index (κ3) is 3.12. The van der Waals surface area contributed by atoms with Gasteiger partial charge in [0.1, 0.15) is 19.5 Å². The van der Waals surface area contributed by atoms with E-state index in [1.165, 1.54) is 6.07 Å². The SMILES string of the molecule is Bc1cnn2c(NCc3ccc4c(c3)CC(=O)N4)cc(-c3ccccc3F)nc12. The van der Waals surface area contributed by atoms with Crippen LogP contribution >= 0.6 is 0 Å². The third-order valence-electron chi connectivity index (χ3n) is 5.07. The molecule has 29 heavy (non-hydrogen) atoms. The lowest BCUT2D eigenvalue weighted by Crippen LogP contribution is -2.10. The molecular weight excluding hydrogens is 368 g/mol. The number of anilines is 2. The molecule has 1 aliphatic heterocycles. The van der Waals surface area contributed by atoms with Crippen molar-refractivity contribution in [3.05, 3.63) is 71.7 Å². The summed E-state index contributed by atoms with van der Waals surface area (Å²) in [4.78, 5) is 16.2. The van der Waals surface area contributed by atoms with Crippen molar-refractivity contribution in [2.75, 3.05) is 10.6 Å². The number of nitrogens with one attached hydrogen (secondary N) is 2. The fourth-order valence-corrected chi connectivity index (χ4v) is 3.59. The summed E-state index contributed by atoms with van der Waals surface area (Å²) < 4.78 is 16.0. The molecule has 5 rings (SSSR count). The number of nitrogens with zero attached hydrogens (tertiary/aromatic N) is 3. The van der Waals surface area contributed by atoms with Crippen molar-refractivity contribution in [1.82, 2.24) is 14.6 Å². The van der Waals surface area contributed by atoms with Gasteiger partial charge in [0.05, 0.1) is 12.1 Å². The second-order valence-electron chi connectivity index (χ2n) is 7.14. The first-order chi connectivity index (χ1) is 14.1. The van der Waals surface area contributed by atoms with Gasteiger partial charge in [0.25, 0.3) is 0 Å². The summed E-state index contributed by atoms with van der Waals surface area (Å²) in [5.41, 5.74) is 5.49. The molecule has 8 heteroatoms. The smallest absolute Gasteiger partial charge is 0.228 e. The molecule has 2 N–H and O–H groups in total. The average Bonchev–Trinajstić information content (AvgIpc) is 3.28. The Morgan fingerprint density at radius 3 is 2.93 bits per heavy atom. The van der Waals surface area contributed by atoms with Crippen molar-refractivity contribution in [2.45, 2.75) is 13.0 Å². The van der Waals surface area contributed by atoms with Crippen LogP contribution in [0.2, 0.25) is 0 Å². The van der Waals surface area contributed by atoms with Gasteiger partial charge in [0.15, 0.2) is 5.65 Å². The van der Waals surface area contributed by atoms with Gasteiger partial charge in [0.2, 0.25) is 5.91 Å². The quantitative estimate of drug-likeness (QED) is 0.527. The Hall–Kier alpha value is -3.68. The first kappa shape index (κ1) is 17.4. The largest absolute Gasteiger partial charge is 0.366 e. The van der Waals surface area contributed by atoms with Crippen LogP contribution in [0.5, 0.6) is 0 Å². The Labute approximate surface area is 167 Å². The lowest BCUT2D eigenvalue weighted by atomic mass is 10.0. The van der Waals surface area contributed by atoms with E-state index in [1.54, 1.807) is 35.0 Å². The number of aromatic nitrogens is 3. The van der Waals surface area contributed by atoms with E-state index in [0.29, 0.717) is 29.9 Å². The zero-order valence-electron chi connectivity index (χ0n) is 15.7. The highest BCUT2D eigenvalue weighted by molar-refractivity contribution is 6.36. The van der Waals surface area contributed by atoms with Gasteiger partial charge in [-0.2, -0.15) is 9.61 Å². The van der Waals surface area contributed by atoms with E-state index in [0.717, 1.165) is 28.1 Å². The molecule has 0 unspecified atom stereocenters. The van der Waals surface area contributed by atoms with E-state index in [9.17, 15) is 9.18 Å². The molecule has 0 aliphatic carbocycles. The Morgan fingerprint density at radius 2 is 2.07 bits per heavy atom. The van der Waals surface area contributed by atoms with Crippen molar-refractivity contribution in [3.8, 4) is 11.3 Å². The zero-order chi connectivity index (χ0) is 20.0. The summed E-state index contributed by atoms with van der Waals surface area (Å²) in [6.45, 7) is 0.538. The highest BCUT2D eigenvalue weighted by atomic mass is 19.1. The maximum Gasteiger partial charge on any atom is 0.228 e. The summed E-state index contributed by atoms with van der Waals surface area (Å²) in [5, 5.41) is 10.6. The van der Waals surface area contributed by atoms with Crippen LogP contribution < -0.4 is 16.1 Å². The van der Waals surface area contributed by atoms with Gasteiger partial charge in [-0.3, -0.25) is 4.79 Å². The minimum absolute atomic E-state index is 0.0162. The van der Waals surface area contributed by atoms with Crippen LogP contribution in [0.4, 0.5) is 15.9 Å². The van der Waals surface area contributed by atoms with Crippen molar-refractivity contribution >= 4 is 36.4 Å². The van der Waals surface area contributed by atoms with E-state index in [1.807, 2.05) is 26.0 Å². The molecule has 1 aliphatic rings. The minimum Gasteiger partial charge on any atom is -0.366 e. The molecule has 0 saturated heterocycles. The van der Waals surface area contributed by atoms with E-state index >= 15 is 0 Å². The lowest BCUT2D eigenvalue weighted by molar-refractivity contribution is -0.115. The van der Waals surface area contributed by atoms with E-state index in [-0.39, 0.29) is 11.7 Å². The van der Waals surface area contributed by atoms with Gasteiger partial charge in [-0.1, -0.05) is 24.3 Å². The maximum atomic E-state index is 14.3. The van der Waals surface area contributed by atoms with E-state index in [2.05, 4.69) is 20.7 Å². The Morgan fingerprint density at radius 1 is 1.21 bits per heavy atom.